The fraction of sp³-hybridized carbons (Fsp3) is 0.192. The normalized spacial score (nSPS) is 22.3. The number of aromatic hydroxyl groups is 1. The highest BCUT2D eigenvalue weighted by Gasteiger charge is 2.37. The Morgan fingerprint density at radius 3 is 2.59 bits per heavy atom. The number of allylic oxidation sites excluding steroid dienone is 2. The van der Waals surface area contributed by atoms with Crippen LogP contribution in [0.5, 0.6) is 5.75 Å². The van der Waals surface area contributed by atoms with Crippen molar-refractivity contribution < 1.29 is 5.11 Å². The van der Waals surface area contributed by atoms with Crippen LogP contribution >= 0.6 is 0 Å². The highest BCUT2D eigenvalue weighted by atomic mass is 16.3. The standard InChI is InChI=1S/C26H24N2O/c1-17-5-14-25-24(15-17)22-3-2-4-23(22)26(28-25)19-8-10-20(11-9-19)27-16-18-6-12-21(29)13-7-18/h2-3,5-16,22-23,26,28-29H,4H2,1H3. The van der Waals surface area contributed by atoms with Crippen molar-refractivity contribution >= 4 is 17.6 Å². The van der Waals surface area contributed by atoms with Crippen LogP contribution in [-0.2, 0) is 0 Å². The lowest BCUT2D eigenvalue weighted by Gasteiger charge is -2.37. The van der Waals surface area contributed by atoms with Gasteiger partial charge < -0.3 is 10.4 Å². The molecule has 5 rings (SSSR count). The zero-order valence-electron chi connectivity index (χ0n) is 16.4. The lowest BCUT2D eigenvalue weighted by Crippen LogP contribution is -2.29. The first-order chi connectivity index (χ1) is 14.2. The Morgan fingerprint density at radius 2 is 1.79 bits per heavy atom. The molecular formula is C26H24N2O. The first-order valence-corrected chi connectivity index (χ1v) is 10.1. The molecule has 144 valence electrons. The Kier molecular flexibility index (Phi) is 4.44. The second kappa shape index (κ2) is 7.25. The topological polar surface area (TPSA) is 44.6 Å². The maximum absolute atomic E-state index is 9.38. The summed E-state index contributed by atoms with van der Waals surface area (Å²) < 4.78 is 0. The predicted molar refractivity (Wildman–Crippen MR) is 119 cm³/mol. The summed E-state index contributed by atoms with van der Waals surface area (Å²) in [6, 6.07) is 22.6. The van der Waals surface area contributed by atoms with Gasteiger partial charge in [-0.3, -0.25) is 4.99 Å². The van der Waals surface area contributed by atoms with Crippen LogP contribution in [0.4, 0.5) is 11.4 Å². The lowest BCUT2D eigenvalue weighted by molar-refractivity contribution is 0.425. The number of fused-ring (bicyclic) bond motifs is 3. The van der Waals surface area contributed by atoms with Crippen LogP contribution in [0.2, 0.25) is 0 Å². The zero-order chi connectivity index (χ0) is 19.8. The second-order valence-electron chi connectivity index (χ2n) is 8.01. The van der Waals surface area contributed by atoms with Crippen molar-refractivity contribution in [1.29, 1.82) is 0 Å². The van der Waals surface area contributed by atoms with Crippen molar-refractivity contribution in [3.05, 3.63) is 101 Å². The van der Waals surface area contributed by atoms with Gasteiger partial charge in [-0.1, -0.05) is 42.0 Å². The molecule has 1 aliphatic carbocycles. The Balaban J connectivity index is 1.38. The van der Waals surface area contributed by atoms with Gasteiger partial charge in [-0.25, -0.2) is 0 Å². The summed E-state index contributed by atoms with van der Waals surface area (Å²) in [5.41, 5.74) is 7.19. The van der Waals surface area contributed by atoms with Crippen molar-refractivity contribution in [2.24, 2.45) is 10.9 Å². The number of phenolic OH excluding ortho intramolecular Hbond substituents is 1. The molecule has 3 atom stereocenters. The smallest absolute Gasteiger partial charge is 0.115 e. The molecule has 2 N–H and O–H groups in total. The number of nitrogens with zero attached hydrogens (tertiary/aromatic N) is 1. The second-order valence-corrected chi connectivity index (χ2v) is 8.01. The van der Waals surface area contributed by atoms with Gasteiger partial charge in [0, 0.05) is 17.8 Å². The summed E-state index contributed by atoms with van der Waals surface area (Å²) in [6.45, 7) is 2.16. The quantitative estimate of drug-likeness (QED) is 0.415. The molecule has 0 saturated carbocycles. The molecule has 0 radical (unpaired) electrons. The number of nitrogens with one attached hydrogen (secondary N) is 1. The van der Waals surface area contributed by atoms with E-state index in [1.165, 1.54) is 22.4 Å². The van der Waals surface area contributed by atoms with Crippen LogP contribution in [0.3, 0.4) is 0 Å². The number of aryl methyl sites for hydroxylation is 1. The third-order valence-corrected chi connectivity index (χ3v) is 6.03. The van der Waals surface area contributed by atoms with Gasteiger partial charge in [-0.15, -0.1) is 0 Å². The minimum Gasteiger partial charge on any atom is -0.508 e. The van der Waals surface area contributed by atoms with E-state index in [-0.39, 0.29) is 5.75 Å². The van der Waals surface area contributed by atoms with Crippen LogP contribution in [0.25, 0.3) is 0 Å². The van der Waals surface area contributed by atoms with E-state index in [0.717, 1.165) is 17.7 Å². The molecule has 1 aliphatic heterocycles. The number of phenols is 1. The third kappa shape index (κ3) is 3.44. The van der Waals surface area contributed by atoms with Crippen LogP contribution in [0, 0.1) is 12.8 Å². The maximum atomic E-state index is 9.38. The fourth-order valence-electron chi connectivity index (χ4n) is 4.52. The summed E-state index contributed by atoms with van der Waals surface area (Å²) in [7, 11) is 0. The van der Waals surface area contributed by atoms with Gasteiger partial charge in [-0.05, 0) is 78.4 Å². The van der Waals surface area contributed by atoms with Crippen LogP contribution in [0.15, 0.2) is 83.9 Å². The van der Waals surface area contributed by atoms with E-state index >= 15 is 0 Å². The zero-order valence-corrected chi connectivity index (χ0v) is 16.4. The molecule has 3 nitrogen and oxygen atoms in total. The van der Waals surface area contributed by atoms with Crippen LogP contribution in [0.1, 0.15) is 40.6 Å². The molecule has 2 aliphatic rings. The van der Waals surface area contributed by atoms with Gasteiger partial charge in [-0.2, -0.15) is 0 Å². The molecule has 3 unspecified atom stereocenters. The van der Waals surface area contributed by atoms with Crippen molar-refractivity contribution in [2.45, 2.75) is 25.3 Å². The number of anilines is 1. The summed E-state index contributed by atoms with van der Waals surface area (Å²) in [5, 5.41) is 13.2. The van der Waals surface area contributed by atoms with E-state index in [1.54, 1.807) is 12.1 Å². The van der Waals surface area contributed by atoms with Crippen molar-refractivity contribution in [2.75, 3.05) is 5.32 Å². The molecule has 0 spiro atoms. The van der Waals surface area contributed by atoms with Gasteiger partial charge >= 0.3 is 0 Å². The van der Waals surface area contributed by atoms with Gasteiger partial charge in [0.15, 0.2) is 0 Å². The Morgan fingerprint density at radius 1 is 1.00 bits per heavy atom. The Bertz CT molecular complexity index is 1080. The monoisotopic (exact) mass is 380 g/mol. The molecular weight excluding hydrogens is 356 g/mol. The third-order valence-electron chi connectivity index (χ3n) is 6.03. The fourth-order valence-corrected chi connectivity index (χ4v) is 4.52. The first-order valence-electron chi connectivity index (χ1n) is 10.1. The molecule has 0 fully saturated rings. The molecule has 3 aromatic carbocycles. The Hall–Kier alpha value is -3.33. The van der Waals surface area contributed by atoms with E-state index in [4.69, 9.17) is 0 Å². The minimum atomic E-state index is 0.267. The van der Waals surface area contributed by atoms with Gasteiger partial charge in [0.25, 0.3) is 0 Å². The number of aliphatic imine (C=N–C) groups is 1. The van der Waals surface area contributed by atoms with E-state index in [9.17, 15) is 5.11 Å². The average molecular weight is 380 g/mol. The van der Waals surface area contributed by atoms with E-state index in [2.05, 4.69) is 71.8 Å². The molecule has 3 heteroatoms. The number of hydrogen-bond acceptors (Lipinski definition) is 3. The van der Waals surface area contributed by atoms with Gasteiger partial charge in [0.05, 0.1) is 11.7 Å². The molecule has 0 bridgehead atoms. The van der Waals surface area contributed by atoms with E-state index in [1.807, 2.05) is 18.3 Å². The van der Waals surface area contributed by atoms with Crippen molar-refractivity contribution in [1.82, 2.24) is 0 Å². The summed E-state index contributed by atoms with van der Waals surface area (Å²) in [6.07, 6.45) is 7.64. The molecule has 0 aromatic heterocycles. The number of benzene rings is 3. The number of rotatable bonds is 3. The highest BCUT2D eigenvalue weighted by molar-refractivity contribution is 5.82. The summed E-state index contributed by atoms with van der Waals surface area (Å²) in [5.74, 6) is 1.31. The van der Waals surface area contributed by atoms with Crippen LogP contribution in [-0.4, -0.2) is 11.3 Å². The van der Waals surface area contributed by atoms with E-state index < -0.39 is 0 Å². The molecule has 3 aromatic rings. The van der Waals surface area contributed by atoms with Crippen LogP contribution < -0.4 is 5.32 Å². The predicted octanol–water partition coefficient (Wildman–Crippen LogP) is 6.28. The summed E-state index contributed by atoms with van der Waals surface area (Å²) >= 11 is 0. The van der Waals surface area contributed by atoms with Crippen molar-refractivity contribution in [3.8, 4) is 5.75 Å². The van der Waals surface area contributed by atoms with Gasteiger partial charge in [0.2, 0.25) is 0 Å². The first kappa shape index (κ1) is 17.7. The van der Waals surface area contributed by atoms with E-state index in [0.29, 0.717) is 17.9 Å². The molecule has 0 saturated heterocycles. The average Bonchev–Trinajstić information content (AvgIpc) is 3.24. The van der Waals surface area contributed by atoms with Crippen molar-refractivity contribution in [3.63, 3.8) is 0 Å². The summed E-state index contributed by atoms with van der Waals surface area (Å²) in [4.78, 5) is 4.57. The van der Waals surface area contributed by atoms with Gasteiger partial charge in [0.1, 0.15) is 5.75 Å². The minimum absolute atomic E-state index is 0.267. The maximum Gasteiger partial charge on any atom is 0.115 e. The molecule has 1 heterocycles. The largest absolute Gasteiger partial charge is 0.508 e. The lowest BCUT2D eigenvalue weighted by atomic mass is 9.76. The SMILES string of the molecule is Cc1ccc2c(c1)C1C=CCC1C(c1ccc(N=Cc3ccc(O)cc3)cc1)N2. The molecule has 29 heavy (non-hydrogen) atoms. The number of hydrogen-bond donors (Lipinski definition) is 2. The highest BCUT2D eigenvalue weighted by Crippen LogP contribution is 2.49. The Labute approximate surface area is 171 Å². The molecule has 0 amide bonds.